The average molecular weight is 422 g/mol. The Bertz CT molecular complexity index is 1040. The lowest BCUT2D eigenvalue weighted by Gasteiger charge is -2.19. The maximum Gasteiger partial charge on any atom is 0.316 e. The first kappa shape index (κ1) is 19.1. The highest BCUT2D eigenvalue weighted by Gasteiger charge is 2.40. The lowest BCUT2D eigenvalue weighted by atomic mass is 9.93. The fraction of sp³-hybridized carbons (Fsp3) is 0.222. The Morgan fingerprint density at radius 2 is 2.03 bits per heavy atom. The highest BCUT2D eigenvalue weighted by atomic mass is 35.5. The quantitative estimate of drug-likeness (QED) is 0.611. The van der Waals surface area contributed by atoms with Gasteiger partial charge in [-0.15, -0.1) is 5.10 Å². The number of carbonyl (C=O) groups is 1. The minimum Gasteiger partial charge on any atom is -0.497 e. The number of rotatable bonds is 5. The number of nitrogens with one attached hydrogen (secondary N) is 2. The van der Waals surface area contributed by atoms with E-state index in [0.29, 0.717) is 10.7 Å². The summed E-state index contributed by atoms with van der Waals surface area (Å²) in [6.07, 6.45) is 1.45. The first-order chi connectivity index (χ1) is 14.0. The summed E-state index contributed by atoms with van der Waals surface area (Å²) in [5.74, 6) is -2.71. The Morgan fingerprint density at radius 1 is 1.28 bits per heavy atom. The number of methoxy groups -OCH3 is 1. The number of nitrogens with zero attached hydrogens (tertiary/aromatic N) is 3. The predicted molar refractivity (Wildman–Crippen MR) is 98.6 cm³/mol. The summed E-state index contributed by atoms with van der Waals surface area (Å²) in [6.45, 7) is 0.0404. The van der Waals surface area contributed by atoms with Crippen LogP contribution in [0, 0.1) is 11.6 Å². The predicted octanol–water partition coefficient (Wildman–Crippen LogP) is 2.77. The summed E-state index contributed by atoms with van der Waals surface area (Å²) >= 11 is 5.75. The van der Waals surface area contributed by atoms with Gasteiger partial charge in [-0.3, -0.25) is 4.79 Å². The third-order valence-corrected chi connectivity index (χ3v) is 4.74. The molecule has 2 aromatic heterocycles. The van der Waals surface area contributed by atoms with Gasteiger partial charge in [0.2, 0.25) is 5.91 Å². The van der Waals surface area contributed by atoms with Crippen molar-refractivity contribution in [1.29, 1.82) is 0 Å². The monoisotopic (exact) mass is 421 g/mol. The Labute approximate surface area is 168 Å². The standard InChI is InChI=1S/C18H14ClF2N5O3/c1-28-9-4-11(20)14(12(21)5-9)10-7-23-16(27)15(10)24-18-26-25-17(29-18)8-2-3-13(19)22-6-8/h2-6,10,15H,7H2,1H3,(H,23,27)(H,24,26)/t10-,15-/m0/s1. The second-order valence-corrected chi connectivity index (χ2v) is 6.65. The molecular formula is C18H14ClF2N5O3. The van der Waals surface area contributed by atoms with Crippen molar-refractivity contribution < 1.29 is 22.7 Å². The third kappa shape index (κ3) is 3.70. The van der Waals surface area contributed by atoms with Crippen LogP contribution in [0.4, 0.5) is 14.8 Å². The summed E-state index contributed by atoms with van der Waals surface area (Å²) in [6, 6.07) is 4.25. The second kappa shape index (κ2) is 7.63. The van der Waals surface area contributed by atoms with Crippen molar-refractivity contribution in [3.8, 4) is 17.2 Å². The first-order valence-electron chi connectivity index (χ1n) is 8.49. The highest BCUT2D eigenvalue weighted by Crippen LogP contribution is 2.33. The zero-order valence-corrected chi connectivity index (χ0v) is 15.7. The molecular weight excluding hydrogens is 408 g/mol. The zero-order chi connectivity index (χ0) is 20.5. The van der Waals surface area contributed by atoms with Gasteiger partial charge in [-0.05, 0) is 12.1 Å². The van der Waals surface area contributed by atoms with Crippen molar-refractivity contribution >= 4 is 23.5 Å². The average Bonchev–Trinajstić information content (AvgIpc) is 3.30. The molecule has 3 aromatic rings. The molecule has 0 bridgehead atoms. The van der Waals surface area contributed by atoms with E-state index < -0.39 is 29.5 Å². The lowest BCUT2D eigenvalue weighted by Crippen LogP contribution is -2.33. The number of ether oxygens (including phenoxy) is 1. The maximum absolute atomic E-state index is 14.5. The lowest BCUT2D eigenvalue weighted by molar-refractivity contribution is -0.119. The van der Waals surface area contributed by atoms with Gasteiger partial charge in [0.1, 0.15) is 28.6 Å². The number of benzene rings is 1. The van der Waals surface area contributed by atoms with Crippen LogP contribution < -0.4 is 15.4 Å². The van der Waals surface area contributed by atoms with Crippen molar-refractivity contribution in [2.45, 2.75) is 12.0 Å². The molecule has 3 heterocycles. The minimum atomic E-state index is -1.01. The molecule has 0 radical (unpaired) electrons. The van der Waals surface area contributed by atoms with E-state index >= 15 is 0 Å². The van der Waals surface area contributed by atoms with Crippen LogP contribution in [0.25, 0.3) is 11.5 Å². The normalized spacial score (nSPS) is 18.6. The van der Waals surface area contributed by atoms with Crippen molar-refractivity contribution in [1.82, 2.24) is 20.5 Å². The smallest absolute Gasteiger partial charge is 0.316 e. The van der Waals surface area contributed by atoms with Gasteiger partial charge in [0.25, 0.3) is 5.89 Å². The number of pyridine rings is 1. The van der Waals surface area contributed by atoms with Gasteiger partial charge in [-0.25, -0.2) is 13.8 Å². The number of hydrogen-bond donors (Lipinski definition) is 2. The van der Waals surface area contributed by atoms with Gasteiger partial charge in [-0.2, -0.15) is 0 Å². The van der Waals surface area contributed by atoms with Crippen LogP contribution in [0.5, 0.6) is 5.75 Å². The minimum absolute atomic E-state index is 0.0404. The molecule has 1 fully saturated rings. The highest BCUT2D eigenvalue weighted by molar-refractivity contribution is 6.29. The summed E-state index contributed by atoms with van der Waals surface area (Å²) in [4.78, 5) is 16.2. The molecule has 29 heavy (non-hydrogen) atoms. The largest absolute Gasteiger partial charge is 0.497 e. The van der Waals surface area contributed by atoms with Gasteiger partial charge < -0.3 is 19.8 Å². The number of amides is 1. The molecule has 4 rings (SSSR count). The van der Waals surface area contributed by atoms with Crippen molar-refractivity contribution in [2.24, 2.45) is 0 Å². The summed E-state index contributed by atoms with van der Waals surface area (Å²) in [5.41, 5.74) is 0.290. The fourth-order valence-electron chi connectivity index (χ4n) is 3.12. The van der Waals surface area contributed by atoms with Crippen LogP contribution in [0.15, 0.2) is 34.9 Å². The SMILES string of the molecule is COc1cc(F)c([C@@H]2CNC(=O)[C@H]2Nc2nnc(-c3ccc(Cl)nc3)o2)c(F)c1. The van der Waals surface area contributed by atoms with E-state index in [2.05, 4.69) is 25.8 Å². The Morgan fingerprint density at radius 3 is 2.69 bits per heavy atom. The maximum atomic E-state index is 14.5. The summed E-state index contributed by atoms with van der Waals surface area (Å²) in [5, 5.41) is 13.4. The molecule has 1 amide bonds. The molecule has 1 saturated heterocycles. The van der Waals surface area contributed by atoms with Gasteiger partial charge in [0.05, 0.1) is 12.7 Å². The van der Waals surface area contributed by atoms with E-state index in [4.69, 9.17) is 20.8 Å². The molecule has 8 nitrogen and oxygen atoms in total. The van der Waals surface area contributed by atoms with E-state index in [1.54, 1.807) is 12.1 Å². The molecule has 1 aromatic carbocycles. The molecule has 0 aliphatic carbocycles. The zero-order valence-electron chi connectivity index (χ0n) is 14.9. The van der Waals surface area contributed by atoms with Gasteiger partial charge in [-0.1, -0.05) is 16.7 Å². The van der Waals surface area contributed by atoms with Crippen molar-refractivity contribution in [3.05, 3.63) is 52.8 Å². The van der Waals surface area contributed by atoms with E-state index in [9.17, 15) is 13.6 Å². The van der Waals surface area contributed by atoms with Gasteiger partial charge in [0, 0.05) is 36.4 Å². The van der Waals surface area contributed by atoms with Crippen LogP contribution in [0.3, 0.4) is 0 Å². The molecule has 150 valence electrons. The molecule has 1 aliphatic rings. The number of carbonyl (C=O) groups excluding carboxylic acids is 1. The second-order valence-electron chi connectivity index (χ2n) is 6.26. The molecule has 0 saturated carbocycles. The van der Waals surface area contributed by atoms with Gasteiger partial charge >= 0.3 is 6.01 Å². The van der Waals surface area contributed by atoms with Crippen LogP contribution in [0.2, 0.25) is 5.15 Å². The Kier molecular flexibility index (Phi) is 5.01. The fourth-order valence-corrected chi connectivity index (χ4v) is 3.23. The molecule has 11 heteroatoms. The van der Waals surface area contributed by atoms with Crippen LogP contribution in [0.1, 0.15) is 11.5 Å². The van der Waals surface area contributed by atoms with Crippen LogP contribution in [-0.4, -0.2) is 40.8 Å². The number of hydrogen-bond acceptors (Lipinski definition) is 7. The summed E-state index contributed by atoms with van der Waals surface area (Å²) in [7, 11) is 1.31. The molecule has 2 N–H and O–H groups in total. The molecule has 2 atom stereocenters. The van der Waals surface area contributed by atoms with Crippen LogP contribution >= 0.6 is 11.6 Å². The Balaban J connectivity index is 1.59. The molecule has 1 aliphatic heterocycles. The first-order valence-corrected chi connectivity index (χ1v) is 8.86. The van der Waals surface area contributed by atoms with E-state index in [1.165, 1.54) is 13.3 Å². The van der Waals surface area contributed by atoms with E-state index in [1.807, 2.05) is 0 Å². The number of anilines is 1. The van der Waals surface area contributed by atoms with Gasteiger partial charge in [0.15, 0.2) is 0 Å². The van der Waals surface area contributed by atoms with Crippen LogP contribution in [-0.2, 0) is 4.79 Å². The van der Waals surface area contributed by atoms with E-state index in [-0.39, 0.29) is 29.8 Å². The molecule has 0 unspecified atom stereocenters. The number of halogens is 3. The Hall–Kier alpha value is -3.27. The molecule has 0 spiro atoms. The topological polar surface area (TPSA) is 102 Å². The summed E-state index contributed by atoms with van der Waals surface area (Å²) < 4.78 is 39.3. The van der Waals surface area contributed by atoms with Crippen molar-refractivity contribution in [3.63, 3.8) is 0 Å². The van der Waals surface area contributed by atoms with E-state index in [0.717, 1.165) is 12.1 Å². The third-order valence-electron chi connectivity index (χ3n) is 4.52. The number of aromatic nitrogens is 3. The van der Waals surface area contributed by atoms with Crippen molar-refractivity contribution in [2.75, 3.05) is 19.0 Å².